The molecule has 0 atom stereocenters. The summed E-state index contributed by atoms with van der Waals surface area (Å²) < 4.78 is 12.7. The standard InChI is InChI=1S/C27H19NO2/c1-2-23-28-21-16-22-25-19(14-9-15-20(25)27(21)30-23)24(17-10-5-3-6-11-17)26(29-22)18-12-7-4-8-13-18/h3-16H,2H2,1H3. The summed E-state index contributed by atoms with van der Waals surface area (Å²) in [5, 5.41) is 2.11. The van der Waals surface area contributed by atoms with Gasteiger partial charge in [0, 0.05) is 34.4 Å². The lowest BCUT2D eigenvalue weighted by Gasteiger charge is -2.25. The first-order valence-electron chi connectivity index (χ1n) is 10.2. The number of hydrogen-bond acceptors (Lipinski definition) is 3. The van der Waals surface area contributed by atoms with Crippen LogP contribution in [-0.4, -0.2) is 4.98 Å². The zero-order valence-electron chi connectivity index (χ0n) is 16.6. The van der Waals surface area contributed by atoms with Crippen molar-refractivity contribution in [2.24, 2.45) is 0 Å². The molecule has 3 heteroatoms. The molecule has 144 valence electrons. The van der Waals surface area contributed by atoms with Crippen LogP contribution in [0.5, 0.6) is 5.75 Å². The monoisotopic (exact) mass is 389 g/mol. The summed E-state index contributed by atoms with van der Waals surface area (Å²) in [6, 6.07) is 29.1. The van der Waals surface area contributed by atoms with E-state index >= 15 is 0 Å². The number of hydrogen-bond donors (Lipinski definition) is 0. The van der Waals surface area contributed by atoms with Gasteiger partial charge in [0.15, 0.2) is 11.5 Å². The molecule has 0 radical (unpaired) electrons. The van der Waals surface area contributed by atoms with E-state index in [0.29, 0.717) is 0 Å². The summed E-state index contributed by atoms with van der Waals surface area (Å²) in [6.07, 6.45) is 0.759. The third-order valence-corrected chi connectivity index (χ3v) is 5.63. The Balaban J connectivity index is 1.73. The van der Waals surface area contributed by atoms with E-state index in [0.717, 1.165) is 68.0 Å². The van der Waals surface area contributed by atoms with Gasteiger partial charge in [0.2, 0.25) is 0 Å². The quantitative estimate of drug-likeness (QED) is 0.338. The van der Waals surface area contributed by atoms with E-state index in [1.165, 1.54) is 0 Å². The molecule has 2 heterocycles. The van der Waals surface area contributed by atoms with E-state index in [4.69, 9.17) is 9.15 Å². The van der Waals surface area contributed by atoms with Crippen molar-refractivity contribution in [3.8, 4) is 5.75 Å². The molecule has 4 aromatic carbocycles. The molecule has 0 unspecified atom stereocenters. The number of benzene rings is 4. The highest BCUT2D eigenvalue weighted by Crippen LogP contribution is 2.47. The van der Waals surface area contributed by atoms with Crippen molar-refractivity contribution >= 4 is 33.2 Å². The highest BCUT2D eigenvalue weighted by molar-refractivity contribution is 6.16. The molecule has 0 fully saturated rings. The van der Waals surface area contributed by atoms with Crippen LogP contribution in [0.15, 0.2) is 89.3 Å². The number of nitrogens with zero attached hydrogens (tertiary/aromatic N) is 1. The van der Waals surface area contributed by atoms with E-state index in [1.807, 2.05) is 30.3 Å². The molecule has 1 aromatic heterocycles. The van der Waals surface area contributed by atoms with Crippen molar-refractivity contribution in [1.82, 2.24) is 4.98 Å². The van der Waals surface area contributed by atoms with Gasteiger partial charge in [-0.05, 0) is 11.1 Å². The molecule has 0 bridgehead atoms. The van der Waals surface area contributed by atoms with Crippen molar-refractivity contribution in [3.63, 3.8) is 0 Å². The second-order valence-corrected chi connectivity index (χ2v) is 7.45. The van der Waals surface area contributed by atoms with Crippen LogP contribution in [-0.2, 0) is 6.42 Å². The number of aryl methyl sites for hydroxylation is 1. The second-order valence-electron chi connectivity index (χ2n) is 7.45. The maximum atomic E-state index is 6.61. The number of oxazole rings is 1. The Morgan fingerprint density at radius 3 is 2.27 bits per heavy atom. The van der Waals surface area contributed by atoms with Crippen LogP contribution in [0.3, 0.4) is 0 Å². The van der Waals surface area contributed by atoms with Gasteiger partial charge < -0.3 is 9.15 Å². The van der Waals surface area contributed by atoms with Crippen LogP contribution in [0.2, 0.25) is 0 Å². The zero-order chi connectivity index (χ0) is 20.1. The summed E-state index contributed by atoms with van der Waals surface area (Å²) in [5.74, 6) is 2.43. The van der Waals surface area contributed by atoms with E-state index in [1.54, 1.807) is 0 Å². The number of aromatic nitrogens is 1. The van der Waals surface area contributed by atoms with Gasteiger partial charge in [0.05, 0.1) is 0 Å². The lowest BCUT2D eigenvalue weighted by Crippen LogP contribution is -2.07. The first kappa shape index (κ1) is 17.0. The fourth-order valence-corrected chi connectivity index (χ4v) is 4.28. The molecule has 0 amide bonds. The van der Waals surface area contributed by atoms with Gasteiger partial charge in [0.25, 0.3) is 0 Å². The summed E-state index contributed by atoms with van der Waals surface area (Å²) >= 11 is 0. The Morgan fingerprint density at radius 2 is 1.53 bits per heavy atom. The van der Waals surface area contributed by atoms with E-state index in [2.05, 4.69) is 66.5 Å². The molecule has 0 saturated carbocycles. The highest BCUT2D eigenvalue weighted by Gasteiger charge is 2.27. The van der Waals surface area contributed by atoms with E-state index in [-0.39, 0.29) is 0 Å². The number of fused-ring (bicyclic) bond motifs is 2. The van der Waals surface area contributed by atoms with Crippen LogP contribution < -0.4 is 4.74 Å². The molecule has 1 aliphatic heterocycles. The lowest BCUT2D eigenvalue weighted by atomic mass is 9.88. The van der Waals surface area contributed by atoms with Gasteiger partial charge in [-0.3, -0.25) is 0 Å². The van der Waals surface area contributed by atoms with E-state index < -0.39 is 0 Å². The molecule has 0 aliphatic carbocycles. The van der Waals surface area contributed by atoms with Crippen molar-refractivity contribution in [1.29, 1.82) is 0 Å². The predicted octanol–water partition coefficient (Wildman–Crippen LogP) is 6.85. The highest BCUT2D eigenvalue weighted by atomic mass is 16.5. The Morgan fingerprint density at radius 1 is 0.800 bits per heavy atom. The lowest BCUT2D eigenvalue weighted by molar-refractivity contribution is 0.520. The molecule has 3 nitrogen and oxygen atoms in total. The molecule has 5 aromatic rings. The molecule has 6 rings (SSSR count). The maximum absolute atomic E-state index is 6.61. The molecule has 30 heavy (non-hydrogen) atoms. The fourth-order valence-electron chi connectivity index (χ4n) is 4.28. The van der Waals surface area contributed by atoms with Gasteiger partial charge in [-0.2, -0.15) is 0 Å². The van der Waals surface area contributed by atoms with Crippen LogP contribution in [0.4, 0.5) is 0 Å². The summed E-state index contributed by atoms with van der Waals surface area (Å²) in [4.78, 5) is 4.66. The Kier molecular flexibility index (Phi) is 3.75. The normalized spacial score (nSPS) is 13.1. The van der Waals surface area contributed by atoms with Crippen LogP contribution in [0, 0.1) is 0 Å². The molecule has 0 spiro atoms. The predicted molar refractivity (Wildman–Crippen MR) is 120 cm³/mol. The Hall–Kier alpha value is -3.85. The minimum Gasteiger partial charge on any atom is -0.455 e. The van der Waals surface area contributed by atoms with Gasteiger partial charge >= 0.3 is 0 Å². The third-order valence-electron chi connectivity index (χ3n) is 5.63. The maximum Gasteiger partial charge on any atom is 0.195 e. The second kappa shape index (κ2) is 6.60. The zero-order valence-corrected chi connectivity index (χ0v) is 16.6. The van der Waals surface area contributed by atoms with E-state index in [9.17, 15) is 0 Å². The average molecular weight is 389 g/mol. The SMILES string of the molecule is CCc1nc2cc3c4c(cccc4c2o1)C(c1ccccc1)=C(c1ccccc1)O3. The first-order chi connectivity index (χ1) is 14.8. The molecule has 0 N–H and O–H groups in total. The van der Waals surface area contributed by atoms with Crippen LogP contribution in [0.25, 0.3) is 33.2 Å². The van der Waals surface area contributed by atoms with Gasteiger partial charge in [-0.15, -0.1) is 0 Å². The van der Waals surface area contributed by atoms with Crippen molar-refractivity contribution in [3.05, 3.63) is 108 Å². The third kappa shape index (κ3) is 2.49. The summed E-state index contributed by atoms with van der Waals surface area (Å²) in [7, 11) is 0. The van der Waals surface area contributed by atoms with Crippen molar-refractivity contribution < 1.29 is 9.15 Å². The minimum absolute atomic E-state index is 0.743. The largest absolute Gasteiger partial charge is 0.455 e. The molecular formula is C27H19NO2. The number of rotatable bonds is 3. The average Bonchev–Trinajstić information content (AvgIpc) is 3.24. The fraction of sp³-hybridized carbons (Fsp3) is 0.0741. The topological polar surface area (TPSA) is 35.3 Å². The van der Waals surface area contributed by atoms with Gasteiger partial charge in [0.1, 0.15) is 17.0 Å². The Labute approximate surface area is 174 Å². The van der Waals surface area contributed by atoms with Crippen molar-refractivity contribution in [2.75, 3.05) is 0 Å². The van der Waals surface area contributed by atoms with Gasteiger partial charge in [-0.25, -0.2) is 4.98 Å². The van der Waals surface area contributed by atoms with Crippen LogP contribution >= 0.6 is 0 Å². The molecule has 1 aliphatic rings. The minimum atomic E-state index is 0.743. The van der Waals surface area contributed by atoms with Crippen LogP contribution in [0.1, 0.15) is 29.5 Å². The number of ether oxygens (including phenoxy) is 1. The van der Waals surface area contributed by atoms with Gasteiger partial charge in [-0.1, -0.05) is 85.8 Å². The summed E-state index contributed by atoms with van der Waals surface area (Å²) in [6.45, 7) is 2.05. The molecule has 0 saturated heterocycles. The molecular weight excluding hydrogens is 370 g/mol. The summed E-state index contributed by atoms with van der Waals surface area (Å²) in [5.41, 5.74) is 6.08. The first-order valence-corrected chi connectivity index (χ1v) is 10.2. The Bertz CT molecular complexity index is 1430. The smallest absolute Gasteiger partial charge is 0.195 e. The van der Waals surface area contributed by atoms with Crippen molar-refractivity contribution in [2.45, 2.75) is 13.3 Å².